The Bertz CT molecular complexity index is 264. The van der Waals surface area contributed by atoms with Crippen LogP contribution < -0.4 is 11.1 Å². The molecule has 0 saturated carbocycles. The lowest BCUT2D eigenvalue weighted by atomic mass is 9.97. The molecule has 0 aromatic heterocycles. The minimum absolute atomic E-state index is 0.187. The molecule has 1 atom stereocenters. The van der Waals surface area contributed by atoms with E-state index in [4.69, 9.17) is 10.5 Å². The third kappa shape index (κ3) is 6.94. The van der Waals surface area contributed by atoms with Crippen LogP contribution in [0, 0.1) is 0 Å². The van der Waals surface area contributed by atoms with Crippen LogP contribution in [0.4, 0.5) is 0 Å². The molecular formula is C12H24N2O3. The molecular weight excluding hydrogens is 220 g/mol. The first kappa shape index (κ1) is 15.9. The Labute approximate surface area is 103 Å². The standard InChI is InChI=1S/C12H24N2O3/c1-5-7-9(11(16)17-6-2)14-12(3,4)8-10(13)15/h9,14H,5-8H2,1-4H3,(H2,13,15). The van der Waals surface area contributed by atoms with Crippen LogP contribution in [0.5, 0.6) is 0 Å². The Hall–Kier alpha value is -1.10. The number of nitrogens with two attached hydrogens (primary N) is 1. The summed E-state index contributed by atoms with van der Waals surface area (Å²) in [6.07, 6.45) is 1.73. The molecule has 17 heavy (non-hydrogen) atoms. The summed E-state index contributed by atoms with van der Waals surface area (Å²) in [4.78, 5) is 22.6. The third-order valence-corrected chi connectivity index (χ3v) is 2.33. The highest BCUT2D eigenvalue weighted by atomic mass is 16.5. The van der Waals surface area contributed by atoms with E-state index in [1.54, 1.807) is 6.92 Å². The smallest absolute Gasteiger partial charge is 0.323 e. The molecule has 1 unspecified atom stereocenters. The van der Waals surface area contributed by atoms with Crippen molar-refractivity contribution in [2.24, 2.45) is 5.73 Å². The monoisotopic (exact) mass is 244 g/mol. The van der Waals surface area contributed by atoms with Gasteiger partial charge in [0.2, 0.25) is 5.91 Å². The highest BCUT2D eigenvalue weighted by molar-refractivity contribution is 5.77. The summed E-state index contributed by atoms with van der Waals surface area (Å²) < 4.78 is 4.99. The van der Waals surface area contributed by atoms with Gasteiger partial charge in [0, 0.05) is 12.0 Å². The molecule has 0 radical (unpaired) electrons. The lowest BCUT2D eigenvalue weighted by Crippen LogP contribution is -2.51. The molecule has 5 nitrogen and oxygen atoms in total. The van der Waals surface area contributed by atoms with E-state index in [2.05, 4.69) is 5.32 Å². The first-order chi connectivity index (χ1) is 7.82. The lowest BCUT2D eigenvalue weighted by molar-refractivity contribution is -0.146. The van der Waals surface area contributed by atoms with Crippen LogP contribution in [0.15, 0.2) is 0 Å². The van der Waals surface area contributed by atoms with Crippen LogP contribution >= 0.6 is 0 Å². The number of primary amides is 1. The maximum atomic E-state index is 11.7. The van der Waals surface area contributed by atoms with E-state index in [1.165, 1.54) is 0 Å². The van der Waals surface area contributed by atoms with Crippen LogP contribution in [0.25, 0.3) is 0 Å². The van der Waals surface area contributed by atoms with Crippen LogP contribution in [0.1, 0.15) is 47.0 Å². The van der Waals surface area contributed by atoms with Crippen molar-refractivity contribution in [2.45, 2.75) is 58.5 Å². The molecule has 100 valence electrons. The van der Waals surface area contributed by atoms with Crippen LogP contribution in [-0.4, -0.2) is 30.1 Å². The molecule has 0 aliphatic heterocycles. The van der Waals surface area contributed by atoms with Gasteiger partial charge in [-0.3, -0.25) is 14.9 Å². The van der Waals surface area contributed by atoms with Gasteiger partial charge in [0.15, 0.2) is 0 Å². The summed E-state index contributed by atoms with van der Waals surface area (Å²) in [5.41, 5.74) is 4.67. The number of hydrogen-bond acceptors (Lipinski definition) is 4. The van der Waals surface area contributed by atoms with Gasteiger partial charge in [-0.2, -0.15) is 0 Å². The summed E-state index contributed by atoms with van der Waals surface area (Å²) >= 11 is 0. The molecule has 0 aromatic carbocycles. The normalized spacial score (nSPS) is 13.2. The highest BCUT2D eigenvalue weighted by Gasteiger charge is 2.28. The Morgan fingerprint density at radius 1 is 1.35 bits per heavy atom. The maximum absolute atomic E-state index is 11.7. The predicted octanol–water partition coefficient (Wildman–Crippen LogP) is 0.962. The topological polar surface area (TPSA) is 81.4 Å². The van der Waals surface area contributed by atoms with Gasteiger partial charge in [-0.1, -0.05) is 13.3 Å². The van der Waals surface area contributed by atoms with Crippen LogP contribution in [0.2, 0.25) is 0 Å². The van der Waals surface area contributed by atoms with E-state index in [0.717, 1.165) is 6.42 Å². The second kappa shape index (κ2) is 7.27. The number of amides is 1. The first-order valence-electron chi connectivity index (χ1n) is 6.05. The number of carbonyl (C=O) groups excluding carboxylic acids is 2. The van der Waals surface area contributed by atoms with Gasteiger partial charge in [-0.15, -0.1) is 0 Å². The second-order valence-electron chi connectivity index (χ2n) is 4.76. The molecule has 0 rings (SSSR count). The largest absolute Gasteiger partial charge is 0.465 e. The zero-order chi connectivity index (χ0) is 13.5. The number of carbonyl (C=O) groups is 2. The average Bonchev–Trinajstić information content (AvgIpc) is 2.14. The molecule has 0 heterocycles. The summed E-state index contributed by atoms with van der Waals surface area (Å²) in [5, 5.41) is 3.13. The quantitative estimate of drug-likeness (QED) is 0.623. The van der Waals surface area contributed by atoms with Crippen LogP contribution in [0.3, 0.4) is 0 Å². The fraction of sp³-hybridized carbons (Fsp3) is 0.833. The molecule has 0 spiro atoms. The van der Waals surface area contributed by atoms with E-state index in [9.17, 15) is 9.59 Å². The van der Waals surface area contributed by atoms with Crippen molar-refractivity contribution in [3.8, 4) is 0 Å². The Morgan fingerprint density at radius 2 is 1.94 bits per heavy atom. The molecule has 0 saturated heterocycles. The number of nitrogens with one attached hydrogen (secondary N) is 1. The van der Waals surface area contributed by atoms with E-state index < -0.39 is 5.54 Å². The summed E-state index contributed by atoms with van der Waals surface area (Å²) in [6.45, 7) is 7.82. The van der Waals surface area contributed by atoms with Gasteiger partial charge in [0.25, 0.3) is 0 Å². The Balaban J connectivity index is 4.51. The van der Waals surface area contributed by atoms with E-state index in [0.29, 0.717) is 13.0 Å². The number of ether oxygens (including phenoxy) is 1. The maximum Gasteiger partial charge on any atom is 0.323 e. The molecule has 0 aromatic rings. The van der Waals surface area contributed by atoms with Crippen molar-refractivity contribution in [2.75, 3.05) is 6.61 Å². The van der Waals surface area contributed by atoms with Gasteiger partial charge in [-0.05, 0) is 27.2 Å². The average molecular weight is 244 g/mol. The number of hydrogen-bond donors (Lipinski definition) is 2. The van der Waals surface area contributed by atoms with Crippen molar-refractivity contribution < 1.29 is 14.3 Å². The molecule has 0 fully saturated rings. The lowest BCUT2D eigenvalue weighted by Gasteiger charge is -2.29. The fourth-order valence-corrected chi connectivity index (χ4v) is 1.74. The predicted molar refractivity (Wildman–Crippen MR) is 66.4 cm³/mol. The second-order valence-corrected chi connectivity index (χ2v) is 4.76. The van der Waals surface area contributed by atoms with Crippen molar-refractivity contribution in [1.82, 2.24) is 5.32 Å². The molecule has 1 amide bonds. The zero-order valence-electron chi connectivity index (χ0n) is 11.2. The van der Waals surface area contributed by atoms with E-state index >= 15 is 0 Å². The third-order valence-electron chi connectivity index (χ3n) is 2.33. The van der Waals surface area contributed by atoms with Crippen molar-refractivity contribution in [3.05, 3.63) is 0 Å². The van der Waals surface area contributed by atoms with Gasteiger partial charge in [0.05, 0.1) is 6.61 Å². The van der Waals surface area contributed by atoms with E-state index in [-0.39, 0.29) is 24.3 Å². The fourth-order valence-electron chi connectivity index (χ4n) is 1.74. The zero-order valence-corrected chi connectivity index (χ0v) is 11.2. The molecule has 0 aliphatic rings. The summed E-state index contributed by atoms with van der Waals surface area (Å²) in [7, 11) is 0. The number of esters is 1. The van der Waals surface area contributed by atoms with Crippen LogP contribution in [-0.2, 0) is 14.3 Å². The molecule has 3 N–H and O–H groups in total. The highest BCUT2D eigenvalue weighted by Crippen LogP contribution is 2.12. The number of rotatable bonds is 8. The van der Waals surface area contributed by atoms with Crippen molar-refractivity contribution >= 4 is 11.9 Å². The van der Waals surface area contributed by atoms with Crippen molar-refractivity contribution in [1.29, 1.82) is 0 Å². The summed E-state index contributed by atoms with van der Waals surface area (Å²) in [6, 6.07) is -0.380. The minimum atomic E-state index is -0.502. The first-order valence-corrected chi connectivity index (χ1v) is 6.05. The van der Waals surface area contributed by atoms with Gasteiger partial charge in [-0.25, -0.2) is 0 Å². The van der Waals surface area contributed by atoms with Gasteiger partial charge >= 0.3 is 5.97 Å². The molecule has 0 bridgehead atoms. The molecule has 0 aliphatic carbocycles. The van der Waals surface area contributed by atoms with Gasteiger partial charge < -0.3 is 10.5 Å². The van der Waals surface area contributed by atoms with Crippen molar-refractivity contribution in [3.63, 3.8) is 0 Å². The Kier molecular flexibility index (Phi) is 6.80. The minimum Gasteiger partial charge on any atom is -0.465 e. The molecule has 5 heteroatoms. The summed E-state index contributed by atoms with van der Waals surface area (Å²) in [5.74, 6) is -0.659. The van der Waals surface area contributed by atoms with Gasteiger partial charge in [0.1, 0.15) is 6.04 Å². The SMILES string of the molecule is CCCC(NC(C)(C)CC(N)=O)C(=O)OCC. The Morgan fingerprint density at radius 3 is 2.35 bits per heavy atom. The van der Waals surface area contributed by atoms with E-state index in [1.807, 2.05) is 20.8 Å².